The normalized spacial score (nSPS) is 18.9. The summed E-state index contributed by atoms with van der Waals surface area (Å²) >= 11 is 0. The molecule has 1 aliphatic heterocycles. The van der Waals surface area contributed by atoms with Crippen molar-refractivity contribution in [2.24, 2.45) is 11.8 Å². The van der Waals surface area contributed by atoms with Crippen molar-refractivity contribution in [2.45, 2.75) is 46.0 Å². The molecule has 2 aliphatic rings. The number of carbonyl (C=O) groups excluding carboxylic acids is 2. The molecule has 31 heavy (non-hydrogen) atoms. The second kappa shape index (κ2) is 9.45. The van der Waals surface area contributed by atoms with Crippen LogP contribution in [-0.4, -0.2) is 41.5 Å². The Labute approximate surface area is 183 Å². The lowest BCUT2D eigenvalue weighted by atomic mass is 9.86. The molecule has 0 spiro atoms. The SMILES string of the molecule is CCOC(=O)c1ccc(NC(=O)C2CCc3nc(N4CCC(C)CC4)ncc3C2)cc1. The maximum Gasteiger partial charge on any atom is 0.338 e. The Morgan fingerprint density at radius 1 is 1.16 bits per heavy atom. The van der Waals surface area contributed by atoms with E-state index in [2.05, 4.69) is 22.1 Å². The molecule has 1 saturated heterocycles. The average molecular weight is 423 g/mol. The van der Waals surface area contributed by atoms with Crippen LogP contribution in [0.1, 0.15) is 54.7 Å². The summed E-state index contributed by atoms with van der Waals surface area (Å²) in [4.78, 5) is 36.2. The van der Waals surface area contributed by atoms with Crippen LogP contribution in [0.25, 0.3) is 0 Å². The summed E-state index contributed by atoms with van der Waals surface area (Å²) < 4.78 is 4.99. The third kappa shape index (κ3) is 5.03. The number of anilines is 2. The van der Waals surface area contributed by atoms with Gasteiger partial charge in [0.05, 0.1) is 12.2 Å². The first kappa shape index (κ1) is 21.3. The van der Waals surface area contributed by atoms with E-state index in [0.29, 0.717) is 24.3 Å². The molecule has 2 aromatic rings. The van der Waals surface area contributed by atoms with Crippen molar-refractivity contribution >= 4 is 23.5 Å². The number of hydrogen-bond acceptors (Lipinski definition) is 6. The number of rotatable bonds is 5. The molecule has 1 aliphatic carbocycles. The maximum atomic E-state index is 12.8. The van der Waals surface area contributed by atoms with Crippen LogP contribution >= 0.6 is 0 Å². The molecule has 2 heterocycles. The lowest BCUT2D eigenvalue weighted by Gasteiger charge is -2.31. The molecule has 0 radical (unpaired) electrons. The lowest BCUT2D eigenvalue weighted by molar-refractivity contribution is -0.120. The highest BCUT2D eigenvalue weighted by Crippen LogP contribution is 2.27. The van der Waals surface area contributed by atoms with Gasteiger partial charge in [0, 0.05) is 36.6 Å². The number of piperidine rings is 1. The summed E-state index contributed by atoms with van der Waals surface area (Å²) in [6, 6.07) is 6.80. The molecule has 1 aromatic carbocycles. The fourth-order valence-corrected chi connectivity index (χ4v) is 4.23. The van der Waals surface area contributed by atoms with E-state index in [1.165, 1.54) is 12.8 Å². The molecule has 164 valence electrons. The van der Waals surface area contributed by atoms with Crippen molar-refractivity contribution in [2.75, 3.05) is 29.9 Å². The summed E-state index contributed by atoms with van der Waals surface area (Å²) in [5, 5.41) is 2.97. The quantitative estimate of drug-likeness (QED) is 0.741. The van der Waals surface area contributed by atoms with E-state index in [1.807, 2.05) is 6.20 Å². The third-order valence-corrected chi connectivity index (χ3v) is 6.24. The second-order valence-electron chi connectivity index (χ2n) is 8.54. The van der Waals surface area contributed by atoms with Gasteiger partial charge in [-0.05, 0) is 74.8 Å². The zero-order valence-electron chi connectivity index (χ0n) is 18.3. The van der Waals surface area contributed by atoms with Gasteiger partial charge in [-0.15, -0.1) is 0 Å². The number of aryl methyl sites for hydroxylation is 1. The number of carbonyl (C=O) groups is 2. The molecular formula is C24H30N4O3. The smallest absolute Gasteiger partial charge is 0.338 e. The molecule has 1 amide bonds. The number of nitrogens with one attached hydrogen (secondary N) is 1. The Morgan fingerprint density at radius 3 is 2.61 bits per heavy atom. The van der Waals surface area contributed by atoms with Crippen LogP contribution in [0.4, 0.5) is 11.6 Å². The van der Waals surface area contributed by atoms with Crippen LogP contribution < -0.4 is 10.2 Å². The molecular weight excluding hydrogens is 392 g/mol. The third-order valence-electron chi connectivity index (χ3n) is 6.24. The first-order valence-corrected chi connectivity index (χ1v) is 11.2. The second-order valence-corrected chi connectivity index (χ2v) is 8.54. The molecule has 1 fully saturated rings. The first-order valence-electron chi connectivity index (χ1n) is 11.2. The van der Waals surface area contributed by atoms with E-state index in [9.17, 15) is 9.59 Å². The van der Waals surface area contributed by atoms with Gasteiger partial charge in [0.1, 0.15) is 0 Å². The lowest BCUT2D eigenvalue weighted by Crippen LogP contribution is -2.35. The standard InChI is InChI=1S/C24H30N4O3/c1-3-31-23(30)17-4-7-20(8-5-17)26-22(29)18-6-9-21-19(14-18)15-25-24(27-21)28-12-10-16(2)11-13-28/h4-5,7-8,15-16,18H,3,6,9-14H2,1-2H3,(H,26,29). The van der Waals surface area contributed by atoms with Gasteiger partial charge in [-0.1, -0.05) is 6.92 Å². The summed E-state index contributed by atoms with van der Waals surface area (Å²) in [6.45, 7) is 6.43. The van der Waals surface area contributed by atoms with Gasteiger partial charge in [-0.3, -0.25) is 4.79 Å². The monoisotopic (exact) mass is 422 g/mol. The van der Waals surface area contributed by atoms with E-state index in [4.69, 9.17) is 9.72 Å². The van der Waals surface area contributed by atoms with Gasteiger partial charge >= 0.3 is 5.97 Å². The fourth-order valence-electron chi connectivity index (χ4n) is 4.23. The predicted octanol–water partition coefficient (Wildman–Crippen LogP) is 3.63. The van der Waals surface area contributed by atoms with E-state index >= 15 is 0 Å². The van der Waals surface area contributed by atoms with Gasteiger partial charge in [0.25, 0.3) is 0 Å². The number of hydrogen-bond donors (Lipinski definition) is 1. The molecule has 1 unspecified atom stereocenters. The zero-order chi connectivity index (χ0) is 21.8. The largest absolute Gasteiger partial charge is 0.462 e. The van der Waals surface area contributed by atoms with Crippen LogP contribution in [0.3, 0.4) is 0 Å². The summed E-state index contributed by atoms with van der Waals surface area (Å²) in [5.74, 6) is 1.12. The van der Waals surface area contributed by atoms with Gasteiger partial charge in [0.15, 0.2) is 0 Å². The zero-order valence-corrected chi connectivity index (χ0v) is 18.3. The minimum atomic E-state index is -0.359. The van der Waals surface area contributed by atoms with Crippen LogP contribution in [0, 0.1) is 11.8 Å². The maximum absolute atomic E-state index is 12.8. The molecule has 7 heteroatoms. The molecule has 1 atom stereocenters. The van der Waals surface area contributed by atoms with E-state index in [1.54, 1.807) is 31.2 Å². The molecule has 4 rings (SSSR count). The van der Waals surface area contributed by atoms with E-state index in [-0.39, 0.29) is 17.8 Å². The topological polar surface area (TPSA) is 84.4 Å². The summed E-state index contributed by atoms with van der Waals surface area (Å²) in [7, 11) is 0. The van der Waals surface area contributed by atoms with Gasteiger partial charge in [-0.2, -0.15) is 0 Å². The Bertz CT molecular complexity index is 936. The van der Waals surface area contributed by atoms with Crippen molar-refractivity contribution in [1.82, 2.24) is 9.97 Å². The van der Waals surface area contributed by atoms with Crippen LogP contribution in [-0.2, 0) is 22.4 Å². The Morgan fingerprint density at radius 2 is 1.90 bits per heavy atom. The predicted molar refractivity (Wildman–Crippen MR) is 119 cm³/mol. The highest BCUT2D eigenvalue weighted by molar-refractivity contribution is 5.94. The van der Waals surface area contributed by atoms with Crippen molar-refractivity contribution in [3.63, 3.8) is 0 Å². The number of aromatic nitrogens is 2. The number of ether oxygens (including phenoxy) is 1. The van der Waals surface area contributed by atoms with Crippen molar-refractivity contribution < 1.29 is 14.3 Å². The van der Waals surface area contributed by atoms with Gasteiger partial charge < -0.3 is 15.0 Å². The van der Waals surface area contributed by atoms with Gasteiger partial charge in [-0.25, -0.2) is 14.8 Å². The van der Waals surface area contributed by atoms with Crippen molar-refractivity contribution in [3.8, 4) is 0 Å². The highest BCUT2D eigenvalue weighted by atomic mass is 16.5. The Balaban J connectivity index is 1.36. The highest BCUT2D eigenvalue weighted by Gasteiger charge is 2.27. The first-order chi connectivity index (χ1) is 15.0. The minimum absolute atomic E-state index is 0.0105. The number of nitrogens with zero attached hydrogens (tertiary/aromatic N) is 3. The van der Waals surface area contributed by atoms with Gasteiger partial charge in [0.2, 0.25) is 11.9 Å². The van der Waals surface area contributed by atoms with Crippen LogP contribution in [0.5, 0.6) is 0 Å². The van der Waals surface area contributed by atoms with E-state index < -0.39 is 0 Å². The van der Waals surface area contributed by atoms with E-state index in [0.717, 1.165) is 49.1 Å². The van der Waals surface area contributed by atoms with Crippen LogP contribution in [0.15, 0.2) is 30.5 Å². The van der Waals surface area contributed by atoms with Crippen molar-refractivity contribution in [1.29, 1.82) is 0 Å². The summed E-state index contributed by atoms with van der Waals surface area (Å²) in [6.07, 6.45) is 6.48. The Kier molecular flexibility index (Phi) is 6.49. The number of fused-ring (bicyclic) bond motifs is 1. The minimum Gasteiger partial charge on any atom is -0.462 e. The molecule has 1 N–H and O–H groups in total. The van der Waals surface area contributed by atoms with Crippen molar-refractivity contribution in [3.05, 3.63) is 47.3 Å². The fraction of sp³-hybridized carbons (Fsp3) is 0.500. The molecule has 0 saturated carbocycles. The molecule has 0 bridgehead atoms. The molecule has 1 aromatic heterocycles. The molecule has 7 nitrogen and oxygen atoms in total. The average Bonchev–Trinajstić information content (AvgIpc) is 2.79. The number of benzene rings is 1. The Hall–Kier alpha value is -2.96. The number of amides is 1. The summed E-state index contributed by atoms with van der Waals surface area (Å²) in [5.41, 5.74) is 3.29. The van der Waals surface area contributed by atoms with Crippen LogP contribution in [0.2, 0.25) is 0 Å². The number of esters is 1.